The number of rotatable bonds is 4. The van der Waals surface area contributed by atoms with Crippen molar-refractivity contribution >= 4 is 27.5 Å². The van der Waals surface area contributed by atoms with Gasteiger partial charge in [-0.15, -0.1) is 11.3 Å². The standard InChI is InChI=1S/C15H14N2O3S/c1-15(19,13-3-2-6-20-13)8-16-14(18)10-4-5-11-12(7-10)21-9-17-11/h2-7,9,19H,8H2,1H3,(H,16,18)/t15-/m1/s1. The van der Waals surface area contributed by atoms with Gasteiger partial charge in [-0.1, -0.05) is 0 Å². The number of thiazole rings is 1. The molecule has 0 spiro atoms. The van der Waals surface area contributed by atoms with Crippen LogP contribution in [0.5, 0.6) is 0 Å². The van der Waals surface area contributed by atoms with E-state index in [0.29, 0.717) is 11.3 Å². The molecule has 1 amide bonds. The zero-order valence-electron chi connectivity index (χ0n) is 11.4. The second kappa shape index (κ2) is 5.31. The van der Waals surface area contributed by atoms with E-state index in [0.717, 1.165) is 10.2 Å². The molecule has 0 radical (unpaired) electrons. The summed E-state index contributed by atoms with van der Waals surface area (Å²) in [6, 6.07) is 8.70. The molecule has 6 heteroatoms. The van der Waals surface area contributed by atoms with E-state index in [-0.39, 0.29) is 12.5 Å². The van der Waals surface area contributed by atoms with E-state index in [1.165, 1.54) is 17.6 Å². The van der Waals surface area contributed by atoms with Crippen molar-refractivity contribution < 1.29 is 14.3 Å². The van der Waals surface area contributed by atoms with Crippen molar-refractivity contribution in [2.75, 3.05) is 6.54 Å². The molecule has 0 fully saturated rings. The average Bonchev–Trinajstić information content (AvgIpc) is 3.14. The first-order valence-corrected chi connectivity index (χ1v) is 7.32. The number of benzene rings is 1. The number of carbonyl (C=O) groups is 1. The number of aromatic nitrogens is 1. The summed E-state index contributed by atoms with van der Waals surface area (Å²) in [5.41, 5.74) is 1.92. The van der Waals surface area contributed by atoms with Gasteiger partial charge in [-0.2, -0.15) is 0 Å². The second-order valence-electron chi connectivity index (χ2n) is 4.97. The number of aliphatic hydroxyl groups is 1. The Labute approximate surface area is 125 Å². The molecule has 0 aliphatic heterocycles. The van der Waals surface area contributed by atoms with Crippen molar-refractivity contribution in [3.63, 3.8) is 0 Å². The van der Waals surface area contributed by atoms with Crippen molar-refractivity contribution in [3.05, 3.63) is 53.4 Å². The van der Waals surface area contributed by atoms with Crippen molar-refractivity contribution in [2.45, 2.75) is 12.5 Å². The fraction of sp³-hybridized carbons (Fsp3) is 0.200. The predicted octanol–water partition coefficient (Wildman–Crippen LogP) is 2.53. The van der Waals surface area contributed by atoms with Crippen molar-refractivity contribution in [1.82, 2.24) is 10.3 Å². The molecule has 3 rings (SSSR count). The lowest BCUT2D eigenvalue weighted by atomic mass is 10.0. The minimum atomic E-state index is -1.24. The molecule has 0 bridgehead atoms. The maximum atomic E-state index is 12.2. The van der Waals surface area contributed by atoms with E-state index >= 15 is 0 Å². The van der Waals surface area contributed by atoms with Gasteiger partial charge in [-0.25, -0.2) is 4.98 Å². The van der Waals surface area contributed by atoms with E-state index in [9.17, 15) is 9.90 Å². The molecule has 3 aromatic rings. The van der Waals surface area contributed by atoms with Gasteiger partial charge in [0.1, 0.15) is 11.4 Å². The highest BCUT2D eigenvalue weighted by Gasteiger charge is 2.27. The fourth-order valence-electron chi connectivity index (χ4n) is 2.02. The molecule has 2 heterocycles. The van der Waals surface area contributed by atoms with Gasteiger partial charge in [0.2, 0.25) is 0 Å². The summed E-state index contributed by atoms with van der Waals surface area (Å²) in [4.78, 5) is 16.3. The molecular weight excluding hydrogens is 288 g/mol. The number of carbonyl (C=O) groups excluding carboxylic acids is 1. The summed E-state index contributed by atoms with van der Waals surface area (Å²) in [5, 5.41) is 13.0. The van der Waals surface area contributed by atoms with Crippen LogP contribution in [0.25, 0.3) is 10.2 Å². The Hall–Kier alpha value is -2.18. The Morgan fingerprint density at radius 3 is 3.10 bits per heavy atom. The molecule has 21 heavy (non-hydrogen) atoms. The van der Waals surface area contributed by atoms with Crippen LogP contribution in [0.3, 0.4) is 0 Å². The Kier molecular flexibility index (Phi) is 3.48. The monoisotopic (exact) mass is 302 g/mol. The summed E-state index contributed by atoms with van der Waals surface area (Å²) in [5.74, 6) is 0.179. The third kappa shape index (κ3) is 2.81. The van der Waals surface area contributed by atoms with Crippen molar-refractivity contribution in [3.8, 4) is 0 Å². The van der Waals surface area contributed by atoms with E-state index in [1.807, 2.05) is 6.07 Å². The number of nitrogens with zero attached hydrogens (tertiary/aromatic N) is 1. The van der Waals surface area contributed by atoms with Crippen LogP contribution in [0.4, 0.5) is 0 Å². The molecule has 0 saturated carbocycles. The largest absolute Gasteiger partial charge is 0.466 e. The number of fused-ring (bicyclic) bond motifs is 1. The zero-order chi connectivity index (χ0) is 14.9. The number of hydrogen-bond acceptors (Lipinski definition) is 5. The van der Waals surface area contributed by atoms with Gasteiger partial charge in [0, 0.05) is 5.56 Å². The van der Waals surface area contributed by atoms with E-state index < -0.39 is 5.60 Å². The highest BCUT2D eigenvalue weighted by Crippen LogP contribution is 2.21. The van der Waals surface area contributed by atoms with Gasteiger partial charge in [0.15, 0.2) is 0 Å². The van der Waals surface area contributed by atoms with E-state index in [2.05, 4.69) is 10.3 Å². The van der Waals surface area contributed by atoms with E-state index in [4.69, 9.17) is 4.42 Å². The van der Waals surface area contributed by atoms with Crippen molar-refractivity contribution in [1.29, 1.82) is 0 Å². The van der Waals surface area contributed by atoms with Gasteiger partial charge in [-0.3, -0.25) is 4.79 Å². The Bertz CT molecular complexity index is 762. The first-order valence-electron chi connectivity index (χ1n) is 6.44. The summed E-state index contributed by atoms with van der Waals surface area (Å²) < 4.78 is 6.13. The highest BCUT2D eigenvalue weighted by molar-refractivity contribution is 7.16. The van der Waals surface area contributed by atoms with Crippen LogP contribution in [0.1, 0.15) is 23.0 Å². The van der Waals surface area contributed by atoms with Crippen LogP contribution >= 0.6 is 11.3 Å². The van der Waals surface area contributed by atoms with Crippen LogP contribution in [-0.4, -0.2) is 22.5 Å². The molecule has 2 N–H and O–H groups in total. The third-order valence-electron chi connectivity index (χ3n) is 3.24. The highest BCUT2D eigenvalue weighted by atomic mass is 32.1. The fourth-order valence-corrected chi connectivity index (χ4v) is 2.74. The normalized spacial score (nSPS) is 14.0. The lowest BCUT2D eigenvalue weighted by molar-refractivity contribution is 0.0330. The predicted molar refractivity (Wildman–Crippen MR) is 80.2 cm³/mol. The molecule has 108 valence electrons. The topological polar surface area (TPSA) is 75.4 Å². The second-order valence-corrected chi connectivity index (χ2v) is 5.86. The summed E-state index contributed by atoms with van der Waals surface area (Å²) in [6.07, 6.45) is 1.49. The Balaban J connectivity index is 1.71. The van der Waals surface area contributed by atoms with Crippen molar-refractivity contribution in [2.24, 2.45) is 0 Å². The van der Waals surface area contributed by atoms with E-state index in [1.54, 1.807) is 36.7 Å². The molecule has 0 unspecified atom stereocenters. The van der Waals surface area contributed by atoms with Gasteiger partial charge >= 0.3 is 0 Å². The van der Waals surface area contributed by atoms with Crippen LogP contribution in [0.2, 0.25) is 0 Å². The lowest BCUT2D eigenvalue weighted by Gasteiger charge is -2.21. The van der Waals surface area contributed by atoms with Crippen LogP contribution in [0.15, 0.2) is 46.5 Å². The SMILES string of the molecule is C[C@@](O)(CNC(=O)c1ccc2ncsc2c1)c1ccco1. The molecule has 1 atom stereocenters. The molecule has 5 nitrogen and oxygen atoms in total. The molecule has 0 aliphatic carbocycles. The number of nitrogens with one attached hydrogen (secondary N) is 1. The van der Waals surface area contributed by atoms with Gasteiger partial charge in [0.05, 0.1) is 28.5 Å². The first-order chi connectivity index (χ1) is 10.1. The quantitative estimate of drug-likeness (QED) is 0.776. The third-order valence-corrected chi connectivity index (χ3v) is 4.03. The van der Waals surface area contributed by atoms with Crippen LogP contribution in [-0.2, 0) is 5.60 Å². The minimum Gasteiger partial charge on any atom is -0.466 e. The zero-order valence-corrected chi connectivity index (χ0v) is 12.2. The number of hydrogen-bond donors (Lipinski definition) is 2. The summed E-state index contributed by atoms with van der Waals surface area (Å²) in [6.45, 7) is 1.67. The molecule has 0 saturated heterocycles. The molecule has 1 aromatic carbocycles. The molecule has 0 aliphatic rings. The van der Waals surface area contributed by atoms with Gasteiger partial charge < -0.3 is 14.8 Å². The maximum absolute atomic E-state index is 12.2. The van der Waals surface area contributed by atoms with Gasteiger partial charge in [0.25, 0.3) is 5.91 Å². The minimum absolute atomic E-state index is 0.0695. The summed E-state index contributed by atoms with van der Waals surface area (Å²) >= 11 is 1.49. The lowest BCUT2D eigenvalue weighted by Crippen LogP contribution is -2.38. The van der Waals surface area contributed by atoms with Crippen LogP contribution < -0.4 is 5.32 Å². The number of furan rings is 1. The number of amides is 1. The maximum Gasteiger partial charge on any atom is 0.251 e. The smallest absolute Gasteiger partial charge is 0.251 e. The molecular formula is C15H14N2O3S. The van der Waals surface area contributed by atoms with Gasteiger partial charge in [-0.05, 0) is 37.3 Å². The first kappa shape index (κ1) is 13.8. The Morgan fingerprint density at radius 1 is 1.48 bits per heavy atom. The van der Waals surface area contributed by atoms with Crippen LogP contribution in [0, 0.1) is 0 Å². The Morgan fingerprint density at radius 2 is 2.33 bits per heavy atom. The molecule has 2 aromatic heterocycles. The average molecular weight is 302 g/mol. The summed E-state index contributed by atoms with van der Waals surface area (Å²) in [7, 11) is 0.